The van der Waals surface area contributed by atoms with Crippen LogP contribution in [0.3, 0.4) is 0 Å². The number of piperidine rings is 1. The predicted octanol–water partition coefficient (Wildman–Crippen LogP) is 2.71. The van der Waals surface area contributed by atoms with Gasteiger partial charge in [-0.1, -0.05) is 6.42 Å². The minimum absolute atomic E-state index is 0.346. The third kappa shape index (κ3) is 2.74. The van der Waals surface area contributed by atoms with E-state index in [0.29, 0.717) is 35.7 Å². The Balaban J connectivity index is 1.33. The molecule has 21 heavy (non-hydrogen) atoms. The quantitative estimate of drug-likeness (QED) is 0.839. The first-order valence-electron chi connectivity index (χ1n) is 9.22. The van der Waals surface area contributed by atoms with Gasteiger partial charge in [0.25, 0.3) is 0 Å². The van der Waals surface area contributed by atoms with E-state index in [9.17, 15) is 4.79 Å². The molecule has 0 spiro atoms. The lowest BCUT2D eigenvalue weighted by molar-refractivity contribution is -0.138. The molecule has 2 N–H and O–H groups in total. The fourth-order valence-electron chi connectivity index (χ4n) is 6.10. The van der Waals surface area contributed by atoms with Crippen LogP contribution in [0.25, 0.3) is 0 Å². The number of carbonyl (C=O) groups excluding carboxylic acids is 1. The molecule has 0 aromatic rings. The van der Waals surface area contributed by atoms with Gasteiger partial charge >= 0.3 is 0 Å². The van der Waals surface area contributed by atoms with E-state index in [2.05, 4.69) is 17.6 Å². The maximum absolute atomic E-state index is 12.7. The molecule has 1 saturated heterocycles. The Morgan fingerprint density at radius 2 is 1.71 bits per heavy atom. The fourth-order valence-corrected chi connectivity index (χ4v) is 6.10. The summed E-state index contributed by atoms with van der Waals surface area (Å²) in [4.78, 5) is 12.7. The third-order valence-corrected chi connectivity index (χ3v) is 6.76. The SMILES string of the molecule is CC1CCCC(CNC(=O)C2C3CC4CC(C3)CC2C4)N1. The molecule has 0 radical (unpaired) electrons. The maximum Gasteiger partial charge on any atom is 0.223 e. The van der Waals surface area contributed by atoms with E-state index in [4.69, 9.17) is 0 Å². The summed E-state index contributed by atoms with van der Waals surface area (Å²) in [6, 6.07) is 1.11. The summed E-state index contributed by atoms with van der Waals surface area (Å²) in [6.45, 7) is 3.09. The van der Waals surface area contributed by atoms with Crippen molar-refractivity contribution in [2.45, 2.75) is 70.4 Å². The minimum atomic E-state index is 0.346. The molecule has 1 heterocycles. The van der Waals surface area contributed by atoms with Crippen molar-refractivity contribution in [1.82, 2.24) is 10.6 Å². The summed E-state index contributed by atoms with van der Waals surface area (Å²) in [7, 11) is 0. The zero-order valence-corrected chi connectivity index (χ0v) is 13.3. The lowest BCUT2D eigenvalue weighted by Gasteiger charge is -2.53. The van der Waals surface area contributed by atoms with Gasteiger partial charge in [0.15, 0.2) is 0 Å². The van der Waals surface area contributed by atoms with Crippen LogP contribution in [0.1, 0.15) is 58.3 Å². The van der Waals surface area contributed by atoms with Crippen molar-refractivity contribution in [1.29, 1.82) is 0 Å². The lowest BCUT2D eigenvalue weighted by atomic mass is 9.51. The van der Waals surface area contributed by atoms with Crippen LogP contribution >= 0.6 is 0 Å². The highest BCUT2D eigenvalue weighted by Gasteiger charge is 2.50. The largest absolute Gasteiger partial charge is 0.354 e. The molecule has 4 aliphatic carbocycles. The van der Waals surface area contributed by atoms with Gasteiger partial charge in [-0.25, -0.2) is 0 Å². The van der Waals surface area contributed by atoms with Gasteiger partial charge in [-0.15, -0.1) is 0 Å². The summed E-state index contributed by atoms with van der Waals surface area (Å²) in [5.74, 6) is 4.05. The Bertz CT molecular complexity index is 380. The van der Waals surface area contributed by atoms with Crippen LogP contribution < -0.4 is 10.6 Å². The van der Waals surface area contributed by atoms with Gasteiger partial charge in [-0.3, -0.25) is 4.79 Å². The Kier molecular flexibility index (Phi) is 3.72. The van der Waals surface area contributed by atoms with Crippen molar-refractivity contribution < 1.29 is 4.79 Å². The normalized spacial score (nSPS) is 48.3. The highest BCUT2D eigenvalue weighted by atomic mass is 16.1. The molecule has 2 atom stereocenters. The number of hydrogen-bond acceptors (Lipinski definition) is 2. The second-order valence-corrected chi connectivity index (χ2v) is 8.40. The molecule has 5 aliphatic rings. The molecule has 3 heteroatoms. The first kappa shape index (κ1) is 14.0. The fraction of sp³-hybridized carbons (Fsp3) is 0.944. The van der Waals surface area contributed by atoms with Crippen LogP contribution in [0.2, 0.25) is 0 Å². The maximum atomic E-state index is 12.7. The lowest BCUT2D eigenvalue weighted by Crippen LogP contribution is -2.53. The first-order chi connectivity index (χ1) is 10.2. The standard InChI is InChI=1S/C18H30N2O/c1-11-3-2-4-16(20-11)10-19-18(21)17-14-6-12-5-13(8-14)9-15(17)7-12/h11-17,20H,2-10H2,1H3,(H,19,21). The van der Waals surface area contributed by atoms with E-state index in [-0.39, 0.29) is 0 Å². The molecule has 4 bridgehead atoms. The first-order valence-corrected chi connectivity index (χ1v) is 9.22. The predicted molar refractivity (Wildman–Crippen MR) is 83.8 cm³/mol. The van der Waals surface area contributed by atoms with E-state index in [1.165, 1.54) is 51.4 Å². The van der Waals surface area contributed by atoms with Crippen LogP contribution in [0.15, 0.2) is 0 Å². The van der Waals surface area contributed by atoms with E-state index in [1.54, 1.807) is 0 Å². The average Bonchev–Trinajstić information content (AvgIpc) is 2.44. The monoisotopic (exact) mass is 290 g/mol. The molecular formula is C18H30N2O. The number of rotatable bonds is 3. The topological polar surface area (TPSA) is 41.1 Å². The van der Waals surface area contributed by atoms with Crippen molar-refractivity contribution in [2.24, 2.45) is 29.6 Å². The summed E-state index contributed by atoms with van der Waals surface area (Å²) in [5, 5.41) is 6.92. The summed E-state index contributed by atoms with van der Waals surface area (Å²) < 4.78 is 0. The molecule has 5 fully saturated rings. The Morgan fingerprint density at radius 3 is 2.33 bits per heavy atom. The van der Waals surface area contributed by atoms with Crippen LogP contribution in [0.4, 0.5) is 0 Å². The molecule has 3 nitrogen and oxygen atoms in total. The summed E-state index contributed by atoms with van der Waals surface area (Å²) >= 11 is 0. The van der Waals surface area contributed by atoms with Crippen LogP contribution in [-0.4, -0.2) is 24.5 Å². The molecule has 1 amide bonds. The number of hydrogen-bond donors (Lipinski definition) is 2. The van der Waals surface area contributed by atoms with Crippen LogP contribution in [-0.2, 0) is 4.79 Å². The zero-order valence-electron chi connectivity index (χ0n) is 13.3. The average molecular weight is 290 g/mol. The van der Waals surface area contributed by atoms with Gasteiger partial charge in [-0.2, -0.15) is 0 Å². The van der Waals surface area contributed by atoms with Crippen molar-refractivity contribution in [3.8, 4) is 0 Å². The van der Waals surface area contributed by atoms with Crippen molar-refractivity contribution >= 4 is 5.91 Å². The Morgan fingerprint density at radius 1 is 1.05 bits per heavy atom. The van der Waals surface area contributed by atoms with Gasteiger partial charge in [0.05, 0.1) is 0 Å². The second kappa shape index (κ2) is 5.57. The van der Waals surface area contributed by atoms with Crippen LogP contribution in [0, 0.1) is 29.6 Å². The number of nitrogens with one attached hydrogen (secondary N) is 2. The van der Waals surface area contributed by atoms with E-state index >= 15 is 0 Å². The van der Waals surface area contributed by atoms with Crippen molar-refractivity contribution in [3.63, 3.8) is 0 Å². The Labute approximate surface area is 128 Å². The molecule has 2 unspecified atom stereocenters. The number of carbonyl (C=O) groups is 1. The van der Waals surface area contributed by atoms with Gasteiger partial charge < -0.3 is 10.6 Å². The summed E-state index contributed by atoms with van der Waals surface area (Å²) in [6.07, 6.45) is 10.6. The third-order valence-electron chi connectivity index (χ3n) is 6.76. The molecular weight excluding hydrogens is 260 g/mol. The van der Waals surface area contributed by atoms with Crippen molar-refractivity contribution in [2.75, 3.05) is 6.54 Å². The van der Waals surface area contributed by atoms with Crippen molar-refractivity contribution in [3.05, 3.63) is 0 Å². The van der Waals surface area contributed by atoms with Gasteiger partial charge in [-0.05, 0) is 75.5 Å². The second-order valence-electron chi connectivity index (χ2n) is 8.40. The molecule has 5 rings (SSSR count). The van der Waals surface area contributed by atoms with E-state index in [0.717, 1.165) is 18.4 Å². The molecule has 118 valence electrons. The summed E-state index contributed by atoms with van der Waals surface area (Å²) in [5.41, 5.74) is 0. The van der Waals surface area contributed by atoms with Gasteiger partial charge in [0, 0.05) is 24.5 Å². The highest BCUT2D eigenvalue weighted by molar-refractivity contribution is 5.79. The minimum Gasteiger partial charge on any atom is -0.354 e. The highest BCUT2D eigenvalue weighted by Crippen LogP contribution is 2.56. The van der Waals surface area contributed by atoms with E-state index < -0.39 is 0 Å². The van der Waals surface area contributed by atoms with Crippen LogP contribution in [0.5, 0.6) is 0 Å². The number of amides is 1. The van der Waals surface area contributed by atoms with Gasteiger partial charge in [0.1, 0.15) is 0 Å². The zero-order chi connectivity index (χ0) is 14.4. The molecule has 0 aromatic carbocycles. The molecule has 4 saturated carbocycles. The van der Waals surface area contributed by atoms with E-state index in [1.807, 2.05) is 0 Å². The molecule has 0 aromatic heterocycles. The molecule has 1 aliphatic heterocycles. The smallest absolute Gasteiger partial charge is 0.223 e. The van der Waals surface area contributed by atoms with Gasteiger partial charge in [0.2, 0.25) is 5.91 Å². The Hall–Kier alpha value is -0.570.